The molecule has 108 valence electrons. The highest BCUT2D eigenvalue weighted by molar-refractivity contribution is 5.96. The molecule has 1 heterocycles. The highest BCUT2D eigenvalue weighted by Gasteiger charge is 2.32. The summed E-state index contributed by atoms with van der Waals surface area (Å²) in [5.41, 5.74) is 1.69. The molecule has 2 rings (SSSR count). The molecule has 1 amide bonds. The minimum absolute atomic E-state index is 0.0294. The van der Waals surface area contributed by atoms with Gasteiger partial charge in [-0.05, 0) is 31.9 Å². The van der Waals surface area contributed by atoms with E-state index in [2.05, 4.69) is 0 Å². The third-order valence-electron chi connectivity index (χ3n) is 3.34. The van der Waals surface area contributed by atoms with Crippen LogP contribution in [0.2, 0.25) is 0 Å². The van der Waals surface area contributed by atoms with E-state index in [4.69, 9.17) is 4.74 Å². The lowest BCUT2D eigenvalue weighted by Crippen LogP contribution is -2.44. The number of aliphatic carboxylic acids is 1. The van der Waals surface area contributed by atoms with Gasteiger partial charge >= 0.3 is 5.97 Å². The lowest BCUT2D eigenvalue weighted by atomic mass is 9.92. The standard InChI is InChI=1S/C15H19NO4/c1-10(2)20-9-14(17)16-8-12(15(18)19)7-11-5-3-4-6-13(11)16/h3-6,10,12H,7-9H2,1-2H3,(H,18,19). The van der Waals surface area contributed by atoms with Gasteiger partial charge in [-0.15, -0.1) is 0 Å². The van der Waals surface area contributed by atoms with Crippen LogP contribution >= 0.6 is 0 Å². The van der Waals surface area contributed by atoms with Gasteiger partial charge in [0.15, 0.2) is 0 Å². The molecule has 20 heavy (non-hydrogen) atoms. The Kier molecular flexibility index (Phi) is 4.39. The number of rotatable bonds is 4. The van der Waals surface area contributed by atoms with Gasteiger partial charge in [0, 0.05) is 12.2 Å². The fourth-order valence-electron chi connectivity index (χ4n) is 2.31. The van der Waals surface area contributed by atoms with Crippen LogP contribution in [0.15, 0.2) is 24.3 Å². The maximum Gasteiger partial charge on any atom is 0.308 e. The van der Waals surface area contributed by atoms with Crippen LogP contribution < -0.4 is 4.90 Å². The van der Waals surface area contributed by atoms with Crippen molar-refractivity contribution in [2.45, 2.75) is 26.4 Å². The molecule has 1 aliphatic heterocycles. The van der Waals surface area contributed by atoms with E-state index in [9.17, 15) is 14.7 Å². The van der Waals surface area contributed by atoms with Gasteiger partial charge in [0.2, 0.25) is 0 Å². The predicted octanol–water partition coefficient (Wildman–Crippen LogP) is 1.70. The molecule has 1 aromatic rings. The first-order chi connectivity index (χ1) is 9.49. The lowest BCUT2D eigenvalue weighted by molar-refractivity contribution is -0.141. The third-order valence-corrected chi connectivity index (χ3v) is 3.34. The van der Waals surface area contributed by atoms with E-state index in [0.717, 1.165) is 11.3 Å². The molecule has 0 saturated carbocycles. The molecule has 0 fully saturated rings. The van der Waals surface area contributed by atoms with Crippen molar-refractivity contribution >= 4 is 17.6 Å². The Hall–Kier alpha value is -1.88. The maximum absolute atomic E-state index is 12.2. The van der Waals surface area contributed by atoms with E-state index in [1.807, 2.05) is 38.1 Å². The molecule has 5 nitrogen and oxygen atoms in total. The highest BCUT2D eigenvalue weighted by atomic mass is 16.5. The van der Waals surface area contributed by atoms with Crippen molar-refractivity contribution in [3.05, 3.63) is 29.8 Å². The van der Waals surface area contributed by atoms with Gasteiger partial charge in [-0.3, -0.25) is 9.59 Å². The number of hydrogen-bond acceptors (Lipinski definition) is 3. The van der Waals surface area contributed by atoms with E-state index < -0.39 is 11.9 Å². The first kappa shape index (κ1) is 14.5. The summed E-state index contributed by atoms with van der Waals surface area (Å²) in [7, 11) is 0. The van der Waals surface area contributed by atoms with Crippen LogP contribution in [0.1, 0.15) is 19.4 Å². The molecule has 0 saturated heterocycles. The zero-order valence-electron chi connectivity index (χ0n) is 11.7. The number of para-hydroxylation sites is 1. The third kappa shape index (κ3) is 3.17. The molecule has 1 N–H and O–H groups in total. The molecule has 0 radical (unpaired) electrons. The summed E-state index contributed by atoms with van der Waals surface area (Å²) in [5, 5.41) is 9.21. The number of carbonyl (C=O) groups is 2. The zero-order valence-corrected chi connectivity index (χ0v) is 11.7. The summed E-state index contributed by atoms with van der Waals surface area (Å²) in [6.45, 7) is 3.89. The number of carbonyl (C=O) groups excluding carboxylic acids is 1. The van der Waals surface area contributed by atoms with Crippen molar-refractivity contribution < 1.29 is 19.4 Å². The largest absolute Gasteiger partial charge is 0.481 e. The molecular weight excluding hydrogens is 258 g/mol. The number of carboxylic acids is 1. The number of ether oxygens (including phenoxy) is 1. The van der Waals surface area contributed by atoms with Gasteiger partial charge < -0.3 is 14.7 Å². The van der Waals surface area contributed by atoms with Crippen LogP contribution in [-0.2, 0) is 20.7 Å². The average Bonchev–Trinajstić information content (AvgIpc) is 2.43. The Morgan fingerprint density at radius 2 is 2.10 bits per heavy atom. The Labute approximate surface area is 118 Å². The van der Waals surface area contributed by atoms with Gasteiger partial charge in [-0.25, -0.2) is 0 Å². The van der Waals surface area contributed by atoms with Gasteiger partial charge in [-0.2, -0.15) is 0 Å². The molecule has 1 aromatic carbocycles. The van der Waals surface area contributed by atoms with Gasteiger partial charge in [0.1, 0.15) is 6.61 Å². The summed E-state index contributed by atoms with van der Waals surface area (Å²) in [6, 6.07) is 7.43. The second kappa shape index (κ2) is 6.05. The van der Waals surface area contributed by atoms with Gasteiger partial charge in [0.25, 0.3) is 5.91 Å². The number of benzene rings is 1. The zero-order chi connectivity index (χ0) is 14.7. The van der Waals surface area contributed by atoms with Crippen molar-refractivity contribution in [2.75, 3.05) is 18.1 Å². The first-order valence-corrected chi connectivity index (χ1v) is 6.71. The molecule has 0 aromatic heterocycles. The summed E-state index contributed by atoms with van der Waals surface area (Å²) < 4.78 is 5.33. The van der Waals surface area contributed by atoms with Crippen molar-refractivity contribution in [3.8, 4) is 0 Å². The first-order valence-electron chi connectivity index (χ1n) is 6.71. The summed E-state index contributed by atoms with van der Waals surface area (Å²) >= 11 is 0. The van der Waals surface area contributed by atoms with Crippen LogP contribution in [0.3, 0.4) is 0 Å². The highest BCUT2D eigenvalue weighted by Crippen LogP contribution is 2.29. The maximum atomic E-state index is 12.2. The normalized spacial score (nSPS) is 17.9. The Balaban J connectivity index is 2.22. The Morgan fingerprint density at radius 1 is 1.40 bits per heavy atom. The van der Waals surface area contributed by atoms with Crippen molar-refractivity contribution in [1.82, 2.24) is 0 Å². The monoisotopic (exact) mass is 277 g/mol. The second-order valence-corrected chi connectivity index (χ2v) is 5.23. The number of nitrogens with zero attached hydrogens (tertiary/aromatic N) is 1. The quantitative estimate of drug-likeness (QED) is 0.909. The minimum atomic E-state index is -0.873. The fraction of sp³-hybridized carbons (Fsp3) is 0.467. The molecule has 5 heteroatoms. The molecular formula is C15H19NO4. The van der Waals surface area contributed by atoms with E-state index in [1.165, 1.54) is 4.90 Å². The van der Waals surface area contributed by atoms with Crippen LogP contribution in [0.25, 0.3) is 0 Å². The summed E-state index contributed by atoms with van der Waals surface area (Å²) in [4.78, 5) is 25.0. The minimum Gasteiger partial charge on any atom is -0.481 e. The van der Waals surface area contributed by atoms with E-state index in [1.54, 1.807) is 0 Å². The SMILES string of the molecule is CC(C)OCC(=O)N1CC(C(=O)O)Cc2ccccc21. The van der Waals surface area contributed by atoms with Gasteiger partial charge in [0.05, 0.1) is 12.0 Å². The Bertz CT molecular complexity index is 512. The van der Waals surface area contributed by atoms with Crippen LogP contribution in [-0.4, -0.2) is 36.2 Å². The molecule has 1 unspecified atom stereocenters. The molecule has 0 spiro atoms. The van der Waals surface area contributed by atoms with E-state index in [0.29, 0.717) is 6.42 Å². The summed E-state index contributed by atoms with van der Waals surface area (Å²) in [5.74, 6) is -1.63. The van der Waals surface area contributed by atoms with Crippen LogP contribution in [0, 0.1) is 5.92 Å². The molecule has 1 atom stereocenters. The van der Waals surface area contributed by atoms with Crippen LogP contribution in [0.4, 0.5) is 5.69 Å². The van der Waals surface area contributed by atoms with Crippen molar-refractivity contribution in [3.63, 3.8) is 0 Å². The number of fused-ring (bicyclic) bond motifs is 1. The number of anilines is 1. The van der Waals surface area contributed by atoms with Crippen LogP contribution in [0.5, 0.6) is 0 Å². The number of hydrogen-bond donors (Lipinski definition) is 1. The van der Waals surface area contributed by atoms with Crippen molar-refractivity contribution in [2.24, 2.45) is 5.92 Å². The number of amides is 1. The van der Waals surface area contributed by atoms with Gasteiger partial charge in [-0.1, -0.05) is 18.2 Å². The topological polar surface area (TPSA) is 66.8 Å². The molecule has 1 aliphatic rings. The predicted molar refractivity (Wildman–Crippen MR) is 74.7 cm³/mol. The fourth-order valence-corrected chi connectivity index (χ4v) is 2.31. The molecule has 0 aliphatic carbocycles. The van der Waals surface area contributed by atoms with E-state index in [-0.39, 0.29) is 25.2 Å². The average molecular weight is 277 g/mol. The van der Waals surface area contributed by atoms with Crippen molar-refractivity contribution in [1.29, 1.82) is 0 Å². The Morgan fingerprint density at radius 3 is 2.75 bits per heavy atom. The summed E-state index contributed by atoms with van der Waals surface area (Å²) in [6.07, 6.45) is 0.426. The smallest absolute Gasteiger partial charge is 0.308 e. The lowest BCUT2D eigenvalue weighted by Gasteiger charge is -2.33. The second-order valence-electron chi connectivity index (χ2n) is 5.23. The van der Waals surface area contributed by atoms with E-state index >= 15 is 0 Å². The molecule has 0 bridgehead atoms. The number of carboxylic acid groups (broad SMARTS) is 1.